The smallest absolute Gasteiger partial charge is 0.408 e. The molecule has 4 aromatic rings. The molecule has 0 spiro atoms. The lowest BCUT2D eigenvalue weighted by molar-refractivity contribution is -0.245. The minimum absolute atomic E-state index is 0.0424. The number of rotatable bonds is 11. The Morgan fingerprint density at radius 3 is 2.33 bits per heavy atom. The van der Waals surface area contributed by atoms with Gasteiger partial charge in [-0.1, -0.05) is 78.9 Å². The van der Waals surface area contributed by atoms with E-state index >= 15 is 0 Å². The van der Waals surface area contributed by atoms with Gasteiger partial charge >= 0.3 is 6.09 Å². The number of thioether (sulfide) groups is 1. The highest BCUT2D eigenvalue weighted by Crippen LogP contribution is 2.41. The maximum atomic E-state index is 13.2. The van der Waals surface area contributed by atoms with Crippen molar-refractivity contribution in [3.63, 3.8) is 0 Å². The maximum Gasteiger partial charge on any atom is 0.408 e. The number of nitrogens with zero attached hydrogens (tertiary/aromatic N) is 1. The third-order valence-electron chi connectivity index (χ3n) is 8.18. The first kappa shape index (κ1) is 33.2. The fraction of sp³-hybridized carbons (Fsp3) is 0.270. The minimum atomic E-state index is -1.02. The summed E-state index contributed by atoms with van der Waals surface area (Å²) in [7, 11) is 1.65. The van der Waals surface area contributed by atoms with Gasteiger partial charge in [-0.3, -0.25) is 9.59 Å². The zero-order valence-electron chi connectivity index (χ0n) is 26.3. The second-order valence-electron chi connectivity index (χ2n) is 11.4. The van der Waals surface area contributed by atoms with E-state index in [9.17, 15) is 19.5 Å². The van der Waals surface area contributed by atoms with Crippen molar-refractivity contribution in [2.75, 3.05) is 17.8 Å². The molecule has 1 unspecified atom stereocenters. The lowest BCUT2D eigenvalue weighted by Gasteiger charge is -2.36. The number of amides is 3. The van der Waals surface area contributed by atoms with Crippen LogP contribution in [-0.4, -0.2) is 48.0 Å². The van der Waals surface area contributed by atoms with Crippen molar-refractivity contribution in [2.24, 2.45) is 0 Å². The van der Waals surface area contributed by atoms with Gasteiger partial charge in [0.05, 0.1) is 38.0 Å². The van der Waals surface area contributed by atoms with Crippen molar-refractivity contribution in [1.82, 2.24) is 5.32 Å². The molecule has 0 bridgehead atoms. The molecule has 2 heterocycles. The number of hydrogen-bond donors (Lipinski definition) is 2. The van der Waals surface area contributed by atoms with Gasteiger partial charge in [-0.2, -0.15) is 0 Å². The van der Waals surface area contributed by atoms with E-state index in [1.54, 1.807) is 43.1 Å². The van der Waals surface area contributed by atoms with Gasteiger partial charge in [0, 0.05) is 22.6 Å². The molecule has 4 aromatic carbocycles. The van der Waals surface area contributed by atoms with Gasteiger partial charge in [0.1, 0.15) is 18.4 Å². The van der Waals surface area contributed by atoms with E-state index < -0.39 is 30.2 Å². The largest absolute Gasteiger partial charge is 0.496 e. The molecular weight excluding hydrogens is 632 g/mol. The summed E-state index contributed by atoms with van der Waals surface area (Å²) in [5.41, 5.74) is 3.70. The third kappa shape index (κ3) is 7.88. The van der Waals surface area contributed by atoms with Gasteiger partial charge in [-0.15, -0.1) is 11.8 Å². The molecule has 2 N–H and O–H groups in total. The van der Waals surface area contributed by atoms with Crippen molar-refractivity contribution >= 4 is 35.4 Å². The molecule has 3 amide bonds. The molecule has 4 atom stereocenters. The number of imide groups is 1. The molecule has 0 radical (unpaired) electrons. The van der Waals surface area contributed by atoms with E-state index in [4.69, 9.17) is 18.9 Å². The number of nitrogens with one attached hydrogen (secondary N) is 1. The first-order valence-electron chi connectivity index (χ1n) is 15.6. The first-order valence-corrected chi connectivity index (χ1v) is 16.6. The van der Waals surface area contributed by atoms with E-state index in [2.05, 4.69) is 5.32 Å². The highest BCUT2D eigenvalue weighted by molar-refractivity contribution is 7.99. The summed E-state index contributed by atoms with van der Waals surface area (Å²) in [6, 6.07) is 30.6. The maximum absolute atomic E-state index is 13.2. The van der Waals surface area contributed by atoms with E-state index in [1.165, 1.54) is 0 Å². The number of alkyl carbamates (subject to hydrolysis) is 1. The van der Waals surface area contributed by atoms with Crippen LogP contribution in [0.1, 0.15) is 47.5 Å². The van der Waals surface area contributed by atoms with Crippen LogP contribution in [0.2, 0.25) is 0 Å². The molecule has 2 aliphatic rings. The standard InChI is InChI=1S/C37H36N2O8S/c1-44-31-9-5-6-10-33(31)48-23-29-19-32(26-13-11-24(21-40)12-14-26)47-36(46-29)27-15-17-28(18-16-27)39-34(41)20-30(35(39)42)38-37(43)45-22-25-7-3-2-4-8-25/h2-18,29-30,32,36,40H,19-23H2,1H3,(H,38,43)/t29-,30?,32+,36+/m0/s1. The zero-order chi connectivity index (χ0) is 33.5. The first-order chi connectivity index (χ1) is 23.4. The molecule has 0 saturated carbocycles. The van der Waals surface area contributed by atoms with Crippen molar-refractivity contribution in [3.05, 3.63) is 125 Å². The van der Waals surface area contributed by atoms with Crippen molar-refractivity contribution in [3.8, 4) is 5.75 Å². The van der Waals surface area contributed by atoms with Crippen molar-refractivity contribution in [1.29, 1.82) is 0 Å². The average molecular weight is 669 g/mol. The fourth-order valence-corrected chi connectivity index (χ4v) is 6.70. The number of ether oxygens (including phenoxy) is 4. The monoisotopic (exact) mass is 668 g/mol. The van der Waals surface area contributed by atoms with Crippen molar-refractivity contribution in [2.45, 2.75) is 55.5 Å². The summed E-state index contributed by atoms with van der Waals surface area (Å²) in [5, 5.41) is 12.0. The third-order valence-corrected chi connectivity index (χ3v) is 9.37. The SMILES string of the molecule is COc1ccccc1SC[C@@H]1C[C@H](c2ccc(CO)cc2)O[C@H](c2ccc(N3C(=O)CC(NC(=O)OCc4ccccc4)C3=O)cc2)O1. The number of hydrogen-bond acceptors (Lipinski definition) is 9. The van der Waals surface area contributed by atoms with Crippen LogP contribution in [0.15, 0.2) is 108 Å². The van der Waals surface area contributed by atoms with Gasteiger partial charge < -0.3 is 29.4 Å². The summed E-state index contributed by atoms with van der Waals surface area (Å²) in [5.74, 6) is 0.494. The number of aliphatic hydroxyl groups excluding tert-OH is 1. The molecule has 2 fully saturated rings. The van der Waals surface area contributed by atoms with Crippen LogP contribution in [0.3, 0.4) is 0 Å². The van der Waals surface area contributed by atoms with Crippen LogP contribution >= 0.6 is 11.8 Å². The lowest BCUT2D eigenvalue weighted by Crippen LogP contribution is -2.42. The van der Waals surface area contributed by atoms with Crippen LogP contribution < -0.4 is 15.0 Å². The number of methoxy groups -OCH3 is 1. The Balaban J connectivity index is 1.13. The van der Waals surface area contributed by atoms with E-state index in [1.807, 2.05) is 78.9 Å². The van der Waals surface area contributed by atoms with Gasteiger partial charge in [0.25, 0.3) is 5.91 Å². The number of carbonyl (C=O) groups is 3. The molecule has 2 aliphatic heterocycles. The molecule has 6 rings (SSSR count). The summed E-state index contributed by atoms with van der Waals surface area (Å²) in [6.45, 7) is 0.00603. The van der Waals surface area contributed by atoms with Crippen molar-refractivity contribution < 1.29 is 38.4 Å². The lowest BCUT2D eigenvalue weighted by atomic mass is 10.0. The summed E-state index contributed by atoms with van der Waals surface area (Å²) < 4.78 is 23.7. The van der Waals surface area contributed by atoms with Crippen LogP contribution in [0, 0.1) is 0 Å². The average Bonchev–Trinajstić information content (AvgIpc) is 3.41. The predicted octanol–water partition coefficient (Wildman–Crippen LogP) is 6.08. The molecule has 48 heavy (non-hydrogen) atoms. The number of benzene rings is 4. The van der Waals surface area contributed by atoms with E-state index in [0.29, 0.717) is 17.9 Å². The number of aliphatic hydroxyl groups is 1. The summed E-state index contributed by atoms with van der Waals surface area (Å²) in [6.07, 6.45) is -1.47. The fourth-order valence-electron chi connectivity index (χ4n) is 5.65. The molecule has 248 valence electrons. The van der Waals surface area contributed by atoms with Gasteiger partial charge in [-0.05, 0) is 41.0 Å². The van der Waals surface area contributed by atoms with Crippen LogP contribution in [0.4, 0.5) is 10.5 Å². The Labute approximate surface area is 283 Å². The zero-order valence-corrected chi connectivity index (χ0v) is 27.1. The second kappa shape index (κ2) is 15.5. The van der Waals surface area contributed by atoms with Crippen LogP contribution in [0.5, 0.6) is 5.75 Å². The number of anilines is 1. The van der Waals surface area contributed by atoms with Crippen LogP contribution in [0.25, 0.3) is 0 Å². The summed E-state index contributed by atoms with van der Waals surface area (Å²) >= 11 is 1.65. The van der Waals surface area contributed by atoms with E-state index in [0.717, 1.165) is 37.8 Å². The second-order valence-corrected chi connectivity index (χ2v) is 12.5. The van der Waals surface area contributed by atoms with E-state index in [-0.39, 0.29) is 31.8 Å². The Morgan fingerprint density at radius 1 is 0.896 bits per heavy atom. The minimum Gasteiger partial charge on any atom is -0.496 e. The Bertz CT molecular complexity index is 1720. The molecular formula is C37H36N2O8S. The topological polar surface area (TPSA) is 124 Å². The molecule has 10 nitrogen and oxygen atoms in total. The van der Waals surface area contributed by atoms with Gasteiger partial charge in [0.15, 0.2) is 6.29 Å². The van der Waals surface area contributed by atoms with Gasteiger partial charge in [-0.25, -0.2) is 9.69 Å². The van der Waals surface area contributed by atoms with Crippen LogP contribution in [-0.2, 0) is 37.0 Å². The molecule has 0 aromatic heterocycles. The normalized spacial score (nSPS) is 20.8. The van der Waals surface area contributed by atoms with Gasteiger partial charge in [0.2, 0.25) is 5.91 Å². The highest BCUT2D eigenvalue weighted by Gasteiger charge is 2.41. The Morgan fingerprint density at radius 2 is 1.60 bits per heavy atom. The number of carbonyl (C=O) groups excluding carboxylic acids is 3. The Kier molecular flexibility index (Phi) is 10.7. The number of para-hydroxylation sites is 1. The summed E-state index contributed by atoms with van der Waals surface area (Å²) in [4.78, 5) is 40.6. The predicted molar refractivity (Wildman–Crippen MR) is 179 cm³/mol. The highest BCUT2D eigenvalue weighted by atomic mass is 32.2. The molecule has 0 aliphatic carbocycles. The molecule has 11 heteroatoms. The molecule has 2 saturated heterocycles. The quantitative estimate of drug-likeness (QED) is 0.145. The Hall–Kier alpha value is -4.68.